The Hall–Kier alpha value is -6.55. The van der Waals surface area contributed by atoms with E-state index in [1.54, 1.807) is 6.07 Å². The molecule has 0 N–H and O–H groups in total. The first-order valence-corrected chi connectivity index (χ1v) is 46.2. The van der Waals surface area contributed by atoms with Crippen LogP contribution in [0.4, 0.5) is 13.2 Å². The van der Waals surface area contributed by atoms with E-state index in [0.29, 0.717) is 83.5 Å². The summed E-state index contributed by atoms with van der Waals surface area (Å²) in [6.45, 7) is 68.9. The Morgan fingerprint density at radius 1 is 0.356 bits per heavy atom. The lowest BCUT2D eigenvalue weighted by Crippen LogP contribution is -2.16. The van der Waals surface area contributed by atoms with Crippen LogP contribution in [0.5, 0.6) is 0 Å². The second-order valence-electron chi connectivity index (χ2n) is 35.7. The molecule has 4 nitrogen and oxygen atoms in total. The molecule has 0 aliphatic rings. The molecule has 9 aromatic rings. The molecule has 1 unspecified atom stereocenters. The van der Waals surface area contributed by atoms with Gasteiger partial charge in [0, 0.05) is 81.7 Å². The summed E-state index contributed by atoms with van der Waals surface area (Å²) in [4.78, 5) is 13.0. The Kier molecular flexibility index (Phi) is 54.2. The topological polar surface area (TPSA) is 47.9 Å². The maximum atomic E-state index is 13.3. The monoisotopic (exact) mass is 1670 g/mol. The van der Waals surface area contributed by atoms with Crippen LogP contribution in [0.2, 0.25) is 10.0 Å². The van der Waals surface area contributed by atoms with Crippen LogP contribution in [0.15, 0.2) is 207 Å². The summed E-state index contributed by atoms with van der Waals surface area (Å²) in [6, 6.07) is 64.4. The Bertz CT molecular complexity index is 3840. The molecule has 0 fully saturated rings. The van der Waals surface area contributed by atoms with E-state index in [2.05, 4.69) is 349 Å². The first-order chi connectivity index (χ1) is 55.4. The summed E-state index contributed by atoms with van der Waals surface area (Å²) >= 11 is 13.7. The van der Waals surface area contributed by atoms with E-state index in [1.807, 2.05) is 86.7 Å². The van der Waals surface area contributed by atoms with Gasteiger partial charge in [-0.1, -0.05) is 341 Å². The number of pyridine rings is 3. The lowest BCUT2D eigenvalue weighted by atomic mass is 9.89. The molecule has 6 aromatic carbocycles. The van der Waals surface area contributed by atoms with Crippen LogP contribution < -0.4 is 0 Å². The summed E-state index contributed by atoms with van der Waals surface area (Å²) in [5.41, 5.74) is 18.0. The maximum absolute atomic E-state index is 13.3. The third kappa shape index (κ3) is 42.3. The van der Waals surface area contributed by atoms with Gasteiger partial charge in [-0.2, -0.15) is 11.8 Å². The molecule has 0 saturated carbocycles. The molecule has 654 valence electrons. The van der Waals surface area contributed by atoms with Crippen molar-refractivity contribution in [1.82, 2.24) is 15.0 Å². The van der Waals surface area contributed by atoms with Crippen molar-refractivity contribution in [1.29, 1.82) is 0 Å². The number of rotatable bonds is 26. The van der Waals surface area contributed by atoms with Gasteiger partial charge in [0.15, 0.2) is 6.36 Å². The molecule has 10 atom stereocenters. The van der Waals surface area contributed by atoms with Crippen LogP contribution in [-0.2, 0) is 10.7 Å². The normalized spacial score (nSPS) is 13.7. The molecule has 0 bridgehead atoms. The highest BCUT2D eigenvalue weighted by Crippen LogP contribution is 2.37. The smallest absolute Gasteiger partial charge is 0.271 e. The fourth-order valence-electron chi connectivity index (χ4n) is 13.1. The molecule has 0 spiro atoms. The Morgan fingerprint density at radius 3 is 1.05 bits per heavy atom. The van der Waals surface area contributed by atoms with Gasteiger partial charge in [-0.25, -0.2) is 13.2 Å². The number of ether oxygens (including phenoxy) is 1. The van der Waals surface area contributed by atoms with Crippen molar-refractivity contribution in [3.8, 4) is 0 Å². The fourth-order valence-corrected chi connectivity index (χ4v) is 14.4. The number of thioether (sulfide) groups is 1. The van der Waals surface area contributed by atoms with Crippen LogP contribution in [0, 0.1) is 87.9 Å². The minimum absolute atomic E-state index is 0.0841. The number of nitrogens with zero attached hydrogens (tertiary/aromatic N) is 3. The maximum Gasteiger partial charge on any atom is 0.271 e. The number of hydrogen-bond donors (Lipinski definition) is 0. The third-order valence-corrected chi connectivity index (χ3v) is 24.8. The second kappa shape index (κ2) is 58.5. The zero-order valence-electron chi connectivity index (χ0n) is 79.5. The van der Waals surface area contributed by atoms with Crippen LogP contribution in [0.3, 0.4) is 0 Å². The highest BCUT2D eigenvalue weighted by molar-refractivity contribution is 7.98. The zero-order valence-corrected chi connectivity index (χ0v) is 81.8. The van der Waals surface area contributed by atoms with Crippen LogP contribution in [0.25, 0.3) is 0 Å². The second-order valence-corrected chi connectivity index (χ2v) is 37.4. The van der Waals surface area contributed by atoms with Gasteiger partial charge in [-0.15, -0.1) is 0 Å². The summed E-state index contributed by atoms with van der Waals surface area (Å²) in [5, 5.41) is 0.993. The highest BCUT2D eigenvalue weighted by atomic mass is 35.5. The first kappa shape index (κ1) is 109. The van der Waals surface area contributed by atoms with Crippen molar-refractivity contribution in [3.63, 3.8) is 0 Å². The predicted molar refractivity (Wildman–Crippen MR) is 517 cm³/mol. The Balaban J connectivity index is 0.000000665. The lowest BCUT2D eigenvalue weighted by molar-refractivity contribution is -0.0350. The molecule has 0 aliphatic carbocycles. The molecule has 10 heteroatoms. The number of aryl methyl sites for hydroxylation is 5. The number of hydrogen-bond acceptors (Lipinski definition) is 5. The van der Waals surface area contributed by atoms with E-state index in [4.69, 9.17) is 27.9 Å². The van der Waals surface area contributed by atoms with Crippen LogP contribution >= 0.6 is 35.0 Å². The average Bonchev–Trinajstić information content (AvgIpc) is 0.812. The molecule has 0 saturated heterocycles. The molecule has 0 radical (unpaired) electrons. The van der Waals surface area contributed by atoms with E-state index >= 15 is 0 Å². The fraction of sp³-hybridized carbons (Fsp3) is 0.528. The van der Waals surface area contributed by atoms with Crippen molar-refractivity contribution in [2.24, 2.45) is 53.3 Å². The molecule has 0 amide bonds. The van der Waals surface area contributed by atoms with Crippen molar-refractivity contribution in [2.45, 2.75) is 300 Å². The summed E-state index contributed by atoms with van der Waals surface area (Å²) in [7, 11) is 0. The standard InChI is InChI=1S/C13H17ClF2.C13H19FO.C13H20.C12H17Cl.C12H18S.C12H18.3C11H17N/c1-8(2)9(3)10-5-6-12(14)11(7-10)13(4,15)16;1-10(2)13(9-15-11(3)14)12-7-5-4-6-8-12;1-9(2)12(5)13-7-6-10(3)11(4)8-13;1-8(2)10(4)11-5-6-12(13)9(3)7-11;1-10(2)12(9-13-3)11-7-5-4-6-8-11;1-9(2)11(4)12-7-5-10(3)6-8-12;1-8(2)10(4)11-6-5-9(3)12-7-11;2*1-4-10(9(2)3)11-7-5-6-8-12-11/h5-9H,1-4H3;4-8,10-11,13H,9H2,1-3H3;6-9,12H,1-5H3;5-8,10H,1-4H3;4-8,10,12H,9H2,1-3H3;5-9,11H,1-4H3;5-8,10H,1-4H3;2*5-10H,4H2,1-3H3/t9-;11?,13-;12-;10-;12-;11-;3*10-/m000000010/s1. The van der Waals surface area contributed by atoms with E-state index in [1.165, 1.54) is 98.6 Å². The molecule has 3 heterocycles. The largest absolute Gasteiger partial charge is 0.348 e. The highest BCUT2D eigenvalue weighted by Gasteiger charge is 2.29. The van der Waals surface area contributed by atoms with E-state index in [0.717, 1.165) is 41.0 Å². The zero-order chi connectivity index (χ0) is 89.7. The lowest BCUT2D eigenvalue weighted by Gasteiger charge is -2.21. The van der Waals surface area contributed by atoms with Crippen LogP contribution in [0.1, 0.15) is 337 Å². The van der Waals surface area contributed by atoms with Crippen molar-refractivity contribution in [3.05, 3.63) is 301 Å². The van der Waals surface area contributed by atoms with Gasteiger partial charge in [-0.3, -0.25) is 15.0 Å². The number of aromatic nitrogens is 3. The number of alkyl halides is 3. The third-order valence-electron chi connectivity index (χ3n) is 23.4. The SMILES string of the molecule is CC(C)[C@H](C)c1ccc(Cl)c(C(C)(F)F)c1.CC(F)OC[C@H](c1ccccc1)C(C)C.CC[C@@H](c1ccccn1)C(C)C.CC[C@H](c1ccccn1)C(C)C.CSC[C@H](c1ccccc1)C(C)C.Cc1cc([C@@H](C)C(C)C)ccc1Cl.Cc1ccc([C@@H](C)C(C)C)cc1.Cc1ccc([C@@H](C)C(C)C)cc1C.Cc1ccc([C@@H](C)C(C)C)cn1. The van der Waals surface area contributed by atoms with Crippen molar-refractivity contribution >= 4 is 35.0 Å². The van der Waals surface area contributed by atoms with Crippen molar-refractivity contribution in [2.75, 3.05) is 18.6 Å². The Morgan fingerprint density at radius 2 is 0.712 bits per heavy atom. The van der Waals surface area contributed by atoms with Gasteiger partial charge in [0.1, 0.15) is 0 Å². The first-order valence-electron chi connectivity index (χ1n) is 44.0. The van der Waals surface area contributed by atoms with Gasteiger partial charge in [-0.05, 0) is 254 Å². The predicted octanol–water partition coefficient (Wildman–Crippen LogP) is 34.6. The molecular weight excluding hydrogens is 1520 g/mol. The molecule has 3 aromatic heterocycles. The summed E-state index contributed by atoms with van der Waals surface area (Å²) in [5.74, 6) is 9.14. The van der Waals surface area contributed by atoms with Gasteiger partial charge in [0.2, 0.25) is 0 Å². The van der Waals surface area contributed by atoms with Gasteiger partial charge >= 0.3 is 0 Å². The van der Waals surface area contributed by atoms with Gasteiger partial charge < -0.3 is 4.74 Å². The minimum atomic E-state index is -2.89. The van der Waals surface area contributed by atoms with Gasteiger partial charge in [0.05, 0.1) is 6.61 Å². The summed E-state index contributed by atoms with van der Waals surface area (Å²) in [6.07, 6.45) is 9.08. The van der Waals surface area contributed by atoms with Crippen molar-refractivity contribution < 1.29 is 17.9 Å². The molecule has 0 aliphatic heterocycles. The molecule has 118 heavy (non-hydrogen) atoms. The van der Waals surface area contributed by atoms with E-state index in [-0.39, 0.29) is 22.4 Å². The number of benzene rings is 6. The average molecular weight is 1680 g/mol. The Labute approximate surface area is 735 Å². The summed E-state index contributed by atoms with van der Waals surface area (Å²) < 4.78 is 44.2. The molecular formula is C108H160Cl2F3N3OS. The quantitative estimate of drug-likeness (QED) is 0.0541. The minimum Gasteiger partial charge on any atom is -0.348 e. The van der Waals surface area contributed by atoms with E-state index < -0.39 is 12.3 Å². The van der Waals surface area contributed by atoms with E-state index in [9.17, 15) is 13.2 Å². The number of halogens is 5. The van der Waals surface area contributed by atoms with Gasteiger partial charge in [0.25, 0.3) is 5.92 Å². The molecule has 9 rings (SSSR count). The van der Waals surface area contributed by atoms with Crippen LogP contribution in [-0.4, -0.2) is 39.9 Å².